The van der Waals surface area contributed by atoms with Gasteiger partial charge in [-0.2, -0.15) is 11.8 Å². The SMILES string of the molecule is Cc1ccc(CN2CCSCC2)cc1NC(=O)C(NC(=O)Nc1ccccc1)C(C)C. The number of carbonyl (C=O) groups excluding carboxylic acids is 2. The summed E-state index contributed by atoms with van der Waals surface area (Å²) < 4.78 is 0. The van der Waals surface area contributed by atoms with Gasteiger partial charge in [-0.25, -0.2) is 4.79 Å². The summed E-state index contributed by atoms with van der Waals surface area (Å²) in [6.07, 6.45) is 0. The number of rotatable bonds is 7. The fourth-order valence-electron chi connectivity index (χ4n) is 3.49. The Hall–Kier alpha value is -2.51. The maximum absolute atomic E-state index is 13.0. The van der Waals surface area contributed by atoms with Gasteiger partial charge in [0.1, 0.15) is 6.04 Å². The lowest BCUT2D eigenvalue weighted by Crippen LogP contribution is -2.48. The second-order valence-electron chi connectivity index (χ2n) is 8.21. The predicted octanol–water partition coefficient (Wildman–Crippen LogP) is 4.33. The number of nitrogens with one attached hydrogen (secondary N) is 3. The van der Waals surface area contributed by atoms with Crippen LogP contribution in [-0.4, -0.2) is 47.5 Å². The van der Waals surface area contributed by atoms with Gasteiger partial charge in [0.15, 0.2) is 0 Å². The van der Waals surface area contributed by atoms with E-state index in [0.29, 0.717) is 5.69 Å². The van der Waals surface area contributed by atoms with E-state index in [9.17, 15) is 9.59 Å². The van der Waals surface area contributed by atoms with Crippen LogP contribution in [0.4, 0.5) is 16.2 Å². The molecule has 0 aromatic heterocycles. The molecular formula is C24H32N4O2S. The first kappa shape index (κ1) is 23.2. The summed E-state index contributed by atoms with van der Waals surface area (Å²) in [6.45, 7) is 8.90. The summed E-state index contributed by atoms with van der Waals surface area (Å²) >= 11 is 2.00. The van der Waals surface area contributed by atoms with Crippen LogP contribution in [0.1, 0.15) is 25.0 Å². The molecule has 2 aromatic carbocycles. The van der Waals surface area contributed by atoms with Gasteiger partial charge >= 0.3 is 6.03 Å². The molecule has 2 aromatic rings. The molecule has 1 unspecified atom stereocenters. The van der Waals surface area contributed by atoms with Gasteiger partial charge < -0.3 is 16.0 Å². The zero-order valence-electron chi connectivity index (χ0n) is 18.5. The molecule has 3 N–H and O–H groups in total. The first-order valence-electron chi connectivity index (χ1n) is 10.8. The number of benzene rings is 2. The number of urea groups is 1. The summed E-state index contributed by atoms with van der Waals surface area (Å²) in [7, 11) is 0. The van der Waals surface area contributed by atoms with Gasteiger partial charge in [0.25, 0.3) is 0 Å². The Morgan fingerprint density at radius 3 is 2.42 bits per heavy atom. The average Bonchev–Trinajstić information content (AvgIpc) is 2.75. The fraction of sp³-hybridized carbons (Fsp3) is 0.417. The third kappa shape index (κ3) is 7.01. The highest BCUT2D eigenvalue weighted by Crippen LogP contribution is 2.20. The molecule has 0 spiro atoms. The molecule has 3 rings (SSSR count). The molecule has 1 atom stereocenters. The van der Waals surface area contributed by atoms with Crippen molar-refractivity contribution in [3.05, 3.63) is 59.7 Å². The molecule has 3 amide bonds. The molecule has 166 valence electrons. The largest absolute Gasteiger partial charge is 0.326 e. The molecule has 31 heavy (non-hydrogen) atoms. The molecule has 7 heteroatoms. The summed E-state index contributed by atoms with van der Waals surface area (Å²) in [4.78, 5) is 27.9. The first-order chi connectivity index (χ1) is 14.9. The fourth-order valence-corrected chi connectivity index (χ4v) is 4.47. The Balaban J connectivity index is 1.64. The van der Waals surface area contributed by atoms with Crippen molar-refractivity contribution in [2.24, 2.45) is 5.92 Å². The molecule has 1 heterocycles. The summed E-state index contributed by atoms with van der Waals surface area (Å²) in [5.41, 5.74) is 3.67. The third-order valence-electron chi connectivity index (χ3n) is 5.34. The predicted molar refractivity (Wildman–Crippen MR) is 130 cm³/mol. The molecule has 1 fully saturated rings. The maximum atomic E-state index is 13.0. The molecule has 1 saturated heterocycles. The number of hydrogen-bond donors (Lipinski definition) is 3. The van der Waals surface area contributed by atoms with E-state index in [4.69, 9.17) is 0 Å². The summed E-state index contributed by atoms with van der Waals surface area (Å²) in [6, 6.07) is 14.4. The van der Waals surface area contributed by atoms with Gasteiger partial charge in [-0.05, 0) is 42.2 Å². The molecule has 0 aliphatic carbocycles. The Morgan fingerprint density at radius 1 is 1.03 bits per heavy atom. The molecule has 0 saturated carbocycles. The van der Waals surface area contributed by atoms with E-state index in [1.807, 2.05) is 56.8 Å². The quantitative estimate of drug-likeness (QED) is 0.599. The van der Waals surface area contributed by atoms with Crippen molar-refractivity contribution in [1.29, 1.82) is 0 Å². The van der Waals surface area contributed by atoms with Crippen molar-refractivity contribution in [1.82, 2.24) is 10.2 Å². The molecule has 1 aliphatic rings. The van der Waals surface area contributed by atoms with Crippen molar-refractivity contribution < 1.29 is 9.59 Å². The second-order valence-corrected chi connectivity index (χ2v) is 9.44. The van der Waals surface area contributed by atoms with E-state index in [1.54, 1.807) is 12.1 Å². The number of anilines is 2. The number of amides is 3. The molecule has 0 bridgehead atoms. The number of para-hydroxylation sites is 1. The standard InChI is InChI=1S/C24H32N4O2S/c1-17(2)22(27-24(30)25-20-7-5-4-6-8-20)23(29)26-21-15-19(10-9-18(21)3)16-28-11-13-31-14-12-28/h4-10,15,17,22H,11-14,16H2,1-3H3,(H,26,29)(H2,25,27,30). The van der Waals surface area contributed by atoms with E-state index in [0.717, 1.165) is 30.9 Å². The Labute approximate surface area is 189 Å². The van der Waals surface area contributed by atoms with Gasteiger partial charge in [0, 0.05) is 42.5 Å². The highest BCUT2D eigenvalue weighted by atomic mass is 32.2. The molecule has 1 aliphatic heterocycles. The minimum atomic E-state index is -0.647. The Morgan fingerprint density at radius 2 is 1.74 bits per heavy atom. The van der Waals surface area contributed by atoms with Crippen molar-refractivity contribution in [3.8, 4) is 0 Å². The van der Waals surface area contributed by atoms with Gasteiger partial charge in [-0.15, -0.1) is 0 Å². The minimum Gasteiger partial charge on any atom is -0.326 e. The Kier molecular flexibility index (Phi) is 8.37. The van der Waals surface area contributed by atoms with Crippen LogP contribution in [0.25, 0.3) is 0 Å². The maximum Gasteiger partial charge on any atom is 0.319 e. The van der Waals surface area contributed by atoms with Crippen LogP contribution in [0.15, 0.2) is 48.5 Å². The lowest BCUT2D eigenvalue weighted by Gasteiger charge is -2.26. The van der Waals surface area contributed by atoms with Gasteiger partial charge in [0.05, 0.1) is 0 Å². The number of hydrogen-bond acceptors (Lipinski definition) is 4. The topological polar surface area (TPSA) is 73.5 Å². The smallest absolute Gasteiger partial charge is 0.319 e. The zero-order chi connectivity index (χ0) is 22.2. The van der Waals surface area contributed by atoms with Crippen LogP contribution in [-0.2, 0) is 11.3 Å². The van der Waals surface area contributed by atoms with Crippen molar-refractivity contribution in [2.45, 2.75) is 33.4 Å². The highest BCUT2D eigenvalue weighted by molar-refractivity contribution is 7.99. The van der Waals surface area contributed by atoms with E-state index >= 15 is 0 Å². The molecule has 0 radical (unpaired) electrons. The van der Waals surface area contributed by atoms with Gasteiger partial charge in [-0.1, -0.05) is 44.2 Å². The lowest BCUT2D eigenvalue weighted by atomic mass is 10.0. The van der Waals surface area contributed by atoms with Gasteiger partial charge in [-0.3, -0.25) is 9.69 Å². The van der Waals surface area contributed by atoms with Gasteiger partial charge in [0.2, 0.25) is 5.91 Å². The number of aryl methyl sites for hydroxylation is 1. The van der Waals surface area contributed by atoms with Crippen LogP contribution in [0.5, 0.6) is 0 Å². The number of thioether (sulfide) groups is 1. The second kappa shape index (κ2) is 11.2. The summed E-state index contributed by atoms with van der Waals surface area (Å²) in [5.74, 6) is 2.06. The molecular weight excluding hydrogens is 408 g/mol. The van der Waals surface area contributed by atoms with E-state index in [-0.39, 0.29) is 11.8 Å². The van der Waals surface area contributed by atoms with Crippen LogP contribution in [0.2, 0.25) is 0 Å². The number of carbonyl (C=O) groups is 2. The van der Waals surface area contributed by atoms with E-state index in [1.165, 1.54) is 17.1 Å². The number of nitrogens with zero attached hydrogens (tertiary/aromatic N) is 1. The van der Waals surface area contributed by atoms with Crippen LogP contribution >= 0.6 is 11.8 Å². The van der Waals surface area contributed by atoms with E-state index < -0.39 is 12.1 Å². The van der Waals surface area contributed by atoms with Crippen molar-refractivity contribution >= 4 is 35.1 Å². The van der Waals surface area contributed by atoms with Crippen LogP contribution < -0.4 is 16.0 Å². The minimum absolute atomic E-state index is 0.0594. The van der Waals surface area contributed by atoms with Crippen molar-refractivity contribution in [2.75, 3.05) is 35.2 Å². The van der Waals surface area contributed by atoms with Crippen LogP contribution in [0.3, 0.4) is 0 Å². The lowest BCUT2D eigenvalue weighted by molar-refractivity contribution is -0.118. The first-order valence-corrected chi connectivity index (χ1v) is 11.9. The molecule has 6 nitrogen and oxygen atoms in total. The Bertz CT molecular complexity index is 882. The third-order valence-corrected chi connectivity index (χ3v) is 6.28. The highest BCUT2D eigenvalue weighted by Gasteiger charge is 2.25. The van der Waals surface area contributed by atoms with Crippen LogP contribution in [0, 0.1) is 12.8 Å². The average molecular weight is 441 g/mol. The monoisotopic (exact) mass is 440 g/mol. The van der Waals surface area contributed by atoms with Crippen molar-refractivity contribution in [3.63, 3.8) is 0 Å². The van der Waals surface area contributed by atoms with E-state index in [2.05, 4.69) is 33.0 Å². The summed E-state index contributed by atoms with van der Waals surface area (Å²) in [5, 5.41) is 8.62. The normalized spacial score (nSPS) is 15.4. The zero-order valence-corrected chi connectivity index (χ0v) is 19.3.